The average molecular weight is 278 g/mol. The van der Waals surface area contributed by atoms with Crippen molar-refractivity contribution >= 4 is 30.7 Å². The lowest BCUT2D eigenvalue weighted by atomic mass is 10.2. The minimum atomic E-state index is -0.565. The molecule has 0 aliphatic heterocycles. The van der Waals surface area contributed by atoms with E-state index >= 15 is 0 Å². The van der Waals surface area contributed by atoms with Crippen molar-refractivity contribution in [2.75, 3.05) is 6.54 Å². The van der Waals surface area contributed by atoms with Crippen molar-refractivity contribution in [2.24, 2.45) is 5.73 Å². The first-order chi connectivity index (χ1) is 7.21. The van der Waals surface area contributed by atoms with Crippen LogP contribution in [-0.2, 0) is 11.2 Å². The highest BCUT2D eigenvalue weighted by Gasteiger charge is 2.45. The fourth-order valence-electron chi connectivity index (χ4n) is 1.39. The van der Waals surface area contributed by atoms with Crippen LogP contribution in [0.5, 0.6) is 0 Å². The smallest absolute Gasteiger partial charge is 0.240 e. The lowest BCUT2D eigenvalue weighted by molar-refractivity contribution is -0.123. The van der Waals surface area contributed by atoms with Crippen molar-refractivity contribution in [2.45, 2.75) is 24.8 Å². The van der Waals surface area contributed by atoms with Crippen LogP contribution in [-0.4, -0.2) is 23.0 Å². The van der Waals surface area contributed by atoms with E-state index in [1.165, 1.54) is 0 Å². The van der Waals surface area contributed by atoms with E-state index < -0.39 is 5.54 Å². The van der Waals surface area contributed by atoms with E-state index in [2.05, 4.69) is 10.3 Å². The Morgan fingerprint density at radius 3 is 2.65 bits per heavy atom. The number of nitrogens with zero attached hydrogens (tertiary/aromatic N) is 1. The number of halogens is 2. The van der Waals surface area contributed by atoms with E-state index in [9.17, 15) is 4.79 Å². The van der Waals surface area contributed by atoms with Gasteiger partial charge in [0.1, 0.15) is 0 Å². The highest BCUT2D eigenvalue weighted by atomic mass is 35.5. The van der Waals surface area contributed by atoms with Gasteiger partial charge < -0.3 is 11.1 Å². The minimum absolute atomic E-state index is 0. The number of nitrogens with two attached hydrogens (primary N) is 1. The zero-order valence-corrected chi connectivity index (χ0v) is 11.0. The van der Waals surface area contributed by atoms with Crippen LogP contribution >= 0.6 is 24.8 Å². The number of rotatable bonds is 4. The first-order valence-electron chi connectivity index (χ1n) is 5.18. The Balaban J connectivity index is 0.00000128. The van der Waals surface area contributed by atoms with E-state index in [0.29, 0.717) is 6.54 Å². The third-order valence-corrected chi connectivity index (χ3v) is 2.63. The zero-order chi connectivity index (χ0) is 10.7. The maximum Gasteiger partial charge on any atom is 0.240 e. The molecule has 0 atom stereocenters. The molecule has 0 spiro atoms. The fraction of sp³-hybridized carbons (Fsp3) is 0.455. The van der Waals surface area contributed by atoms with Crippen molar-refractivity contribution in [3.63, 3.8) is 0 Å². The second-order valence-electron chi connectivity index (χ2n) is 3.98. The Labute approximate surface area is 113 Å². The molecule has 3 N–H and O–H groups in total. The molecule has 1 aliphatic rings. The van der Waals surface area contributed by atoms with E-state index in [1.54, 1.807) is 6.20 Å². The van der Waals surface area contributed by atoms with Crippen LogP contribution in [0.15, 0.2) is 24.4 Å². The molecule has 4 nitrogen and oxygen atoms in total. The average Bonchev–Trinajstić information content (AvgIpc) is 2.99. The topological polar surface area (TPSA) is 68.0 Å². The molecule has 1 aromatic heterocycles. The Hall–Kier alpha value is -0.840. The van der Waals surface area contributed by atoms with Gasteiger partial charge in [-0.1, -0.05) is 6.07 Å². The van der Waals surface area contributed by atoms with Crippen LogP contribution in [0.2, 0.25) is 0 Å². The summed E-state index contributed by atoms with van der Waals surface area (Å²) in [7, 11) is 0. The van der Waals surface area contributed by atoms with Gasteiger partial charge in [-0.15, -0.1) is 24.8 Å². The van der Waals surface area contributed by atoms with Gasteiger partial charge in [0.05, 0.1) is 5.54 Å². The fourth-order valence-corrected chi connectivity index (χ4v) is 1.39. The van der Waals surface area contributed by atoms with Crippen LogP contribution in [0, 0.1) is 0 Å². The van der Waals surface area contributed by atoms with E-state index in [4.69, 9.17) is 5.73 Å². The molecular formula is C11H17Cl2N3O. The molecule has 0 unspecified atom stereocenters. The largest absolute Gasteiger partial charge is 0.354 e. The van der Waals surface area contributed by atoms with Gasteiger partial charge in [-0.3, -0.25) is 9.78 Å². The lowest BCUT2D eigenvalue weighted by Crippen LogP contribution is -2.43. The Kier molecular flexibility index (Phi) is 6.45. The Morgan fingerprint density at radius 1 is 1.41 bits per heavy atom. The molecule has 0 radical (unpaired) electrons. The van der Waals surface area contributed by atoms with E-state index in [0.717, 1.165) is 25.0 Å². The molecule has 1 aromatic rings. The molecule has 1 saturated carbocycles. The SMILES string of the molecule is Cl.Cl.NC1(C(=O)NCCc2ccccn2)CC1. The maximum atomic E-state index is 11.5. The number of hydrogen-bond donors (Lipinski definition) is 2. The second kappa shape index (κ2) is 6.79. The highest BCUT2D eigenvalue weighted by molar-refractivity contribution is 5.88. The van der Waals surface area contributed by atoms with Crippen molar-refractivity contribution in [3.8, 4) is 0 Å². The van der Waals surface area contributed by atoms with Gasteiger partial charge in [0.15, 0.2) is 0 Å². The van der Waals surface area contributed by atoms with Crippen molar-refractivity contribution in [1.82, 2.24) is 10.3 Å². The highest BCUT2D eigenvalue weighted by Crippen LogP contribution is 2.31. The maximum absolute atomic E-state index is 11.5. The van der Waals surface area contributed by atoms with Crippen LogP contribution in [0.4, 0.5) is 0 Å². The monoisotopic (exact) mass is 277 g/mol. The number of carbonyl (C=O) groups excluding carboxylic acids is 1. The molecule has 0 bridgehead atoms. The Bertz CT molecular complexity index is 355. The number of carbonyl (C=O) groups is 1. The molecule has 6 heteroatoms. The standard InChI is InChI=1S/C11H15N3O.2ClH/c12-11(5-6-11)10(15)14-8-4-9-3-1-2-7-13-9;;/h1-3,7H,4-6,8,12H2,(H,14,15);2*1H. The van der Waals surface area contributed by atoms with Gasteiger partial charge in [0.25, 0.3) is 0 Å². The summed E-state index contributed by atoms with van der Waals surface area (Å²) >= 11 is 0. The summed E-state index contributed by atoms with van der Waals surface area (Å²) in [5.41, 5.74) is 6.16. The summed E-state index contributed by atoms with van der Waals surface area (Å²) in [5.74, 6) is -0.0292. The number of pyridine rings is 1. The number of nitrogens with one attached hydrogen (secondary N) is 1. The summed E-state index contributed by atoms with van der Waals surface area (Å²) in [6.07, 6.45) is 4.12. The third-order valence-electron chi connectivity index (χ3n) is 2.63. The predicted octanol–water partition coefficient (Wildman–Crippen LogP) is 1.08. The molecule has 96 valence electrons. The molecule has 17 heavy (non-hydrogen) atoms. The third kappa shape index (κ3) is 4.50. The molecule has 0 saturated heterocycles. The molecule has 2 rings (SSSR count). The number of hydrogen-bond acceptors (Lipinski definition) is 3. The summed E-state index contributed by atoms with van der Waals surface area (Å²) in [6, 6.07) is 5.76. The van der Waals surface area contributed by atoms with Crippen LogP contribution < -0.4 is 11.1 Å². The first kappa shape index (κ1) is 16.2. The number of amides is 1. The first-order valence-corrected chi connectivity index (χ1v) is 5.18. The van der Waals surface area contributed by atoms with Gasteiger partial charge in [-0.25, -0.2) is 0 Å². The van der Waals surface area contributed by atoms with Gasteiger partial charge >= 0.3 is 0 Å². The second-order valence-corrected chi connectivity index (χ2v) is 3.98. The molecule has 1 amide bonds. The summed E-state index contributed by atoms with van der Waals surface area (Å²) in [4.78, 5) is 15.6. The van der Waals surface area contributed by atoms with Crippen LogP contribution in [0.1, 0.15) is 18.5 Å². The van der Waals surface area contributed by atoms with Gasteiger partial charge in [0, 0.05) is 24.9 Å². The van der Waals surface area contributed by atoms with E-state index in [-0.39, 0.29) is 30.7 Å². The summed E-state index contributed by atoms with van der Waals surface area (Å²) in [5, 5.41) is 2.83. The summed E-state index contributed by atoms with van der Waals surface area (Å²) in [6.45, 7) is 0.606. The molecular weight excluding hydrogens is 261 g/mol. The van der Waals surface area contributed by atoms with Gasteiger partial charge in [-0.2, -0.15) is 0 Å². The van der Waals surface area contributed by atoms with Crippen LogP contribution in [0.25, 0.3) is 0 Å². The zero-order valence-electron chi connectivity index (χ0n) is 9.39. The lowest BCUT2D eigenvalue weighted by Gasteiger charge is -2.09. The van der Waals surface area contributed by atoms with Gasteiger partial charge in [-0.05, 0) is 25.0 Å². The number of aromatic nitrogens is 1. The predicted molar refractivity (Wildman–Crippen MR) is 71.6 cm³/mol. The van der Waals surface area contributed by atoms with Crippen molar-refractivity contribution < 1.29 is 4.79 Å². The van der Waals surface area contributed by atoms with Crippen molar-refractivity contribution in [1.29, 1.82) is 0 Å². The van der Waals surface area contributed by atoms with Crippen molar-refractivity contribution in [3.05, 3.63) is 30.1 Å². The summed E-state index contributed by atoms with van der Waals surface area (Å²) < 4.78 is 0. The Morgan fingerprint density at radius 2 is 2.12 bits per heavy atom. The normalized spacial score (nSPS) is 15.1. The van der Waals surface area contributed by atoms with Crippen LogP contribution in [0.3, 0.4) is 0 Å². The van der Waals surface area contributed by atoms with E-state index in [1.807, 2.05) is 18.2 Å². The minimum Gasteiger partial charge on any atom is -0.354 e. The quantitative estimate of drug-likeness (QED) is 0.865. The molecule has 0 aromatic carbocycles. The molecule has 1 fully saturated rings. The van der Waals surface area contributed by atoms with Gasteiger partial charge in [0.2, 0.25) is 5.91 Å². The molecule has 1 heterocycles. The molecule has 1 aliphatic carbocycles.